The van der Waals surface area contributed by atoms with E-state index in [9.17, 15) is 41.1 Å². The maximum atomic E-state index is 13.8. The van der Waals surface area contributed by atoms with Gasteiger partial charge in [-0.2, -0.15) is 0 Å². The van der Waals surface area contributed by atoms with Crippen LogP contribution in [0.1, 0.15) is 82.3 Å². The molecular weight excluding hydrogens is 1170 g/mol. The monoisotopic (exact) mass is 1230 g/mol. The number of phenolic OH excluding ortho intramolecular Hbond substituents is 1. The van der Waals surface area contributed by atoms with Gasteiger partial charge in [0.15, 0.2) is 11.3 Å². The SMILES string of the molecule is CC(=O)O[C@@H]1C[C@H](c2nc(-c3ccc(O)cc3)c3cnc4c(ccn4S(=O)(=O)c4ccc(C)cc4)n23)N(C(C)=O)C1.CC(=O)O[C@@H]1C[C@H](c2nc(-c3ccc(OCC4(C)COC4)cc3)c3cnc4c(ccn4S(=O)(=O)c4ccc(C)cc4)n23)N(C(C)=O)C1. The highest BCUT2D eigenvalue weighted by Crippen LogP contribution is 2.41. The normalized spacial score (nSPS) is 18.4. The molecule has 0 radical (unpaired) electrons. The van der Waals surface area contributed by atoms with Crippen molar-refractivity contribution < 1.29 is 60.1 Å². The summed E-state index contributed by atoms with van der Waals surface area (Å²) in [6, 6.07) is 29.6. The number of esters is 2. The van der Waals surface area contributed by atoms with Crippen LogP contribution in [0.25, 0.3) is 55.9 Å². The van der Waals surface area contributed by atoms with E-state index in [1.165, 1.54) is 40.1 Å². The van der Waals surface area contributed by atoms with Crippen molar-refractivity contribution in [3.8, 4) is 34.0 Å². The first-order chi connectivity index (χ1) is 42.0. The number of carbonyl (C=O) groups excluding carboxylic acids is 4. The van der Waals surface area contributed by atoms with E-state index in [-0.39, 0.29) is 57.2 Å². The first kappa shape index (κ1) is 58.9. The van der Waals surface area contributed by atoms with Gasteiger partial charge in [0.05, 0.1) is 101 Å². The lowest BCUT2D eigenvalue weighted by atomic mass is 9.90. The van der Waals surface area contributed by atoms with Gasteiger partial charge >= 0.3 is 11.9 Å². The van der Waals surface area contributed by atoms with E-state index in [1.54, 1.807) is 107 Å². The Morgan fingerprint density at radius 2 is 0.989 bits per heavy atom. The van der Waals surface area contributed by atoms with Crippen LogP contribution in [0.2, 0.25) is 0 Å². The Bertz CT molecular complexity index is 4630. The van der Waals surface area contributed by atoms with Crippen LogP contribution in [-0.2, 0) is 53.4 Å². The molecule has 88 heavy (non-hydrogen) atoms. The number of imidazole rings is 2. The molecule has 3 aliphatic rings. The first-order valence-corrected chi connectivity index (χ1v) is 31.3. The van der Waals surface area contributed by atoms with Gasteiger partial charge in [-0.3, -0.25) is 28.0 Å². The lowest BCUT2D eigenvalue weighted by Gasteiger charge is -2.37. The molecule has 2 amide bonds. The predicted molar refractivity (Wildman–Crippen MR) is 322 cm³/mol. The number of hydrogen-bond acceptors (Lipinski definition) is 17. The third kappa shape index (κ3) is 10.9. The van der Waals surface area contributed by atoms with Crippen LogP contribution >= 0.6 is 0 Å². The molecule has 3 saturated heterocycles. The summed E-state index contributed by atoms with van der Waals surface area (Å²) in [7, 11) is -7.94. The van der Waals surface area contributed by atoms with Crippen molar-refractivity contribution in [1.82, 2.24) is 46.5 Å². The lowest BCUT2D eigenvalue weighted by Crippen LogP contribution is -2.44. The van der Waals surface area contributed by atoms with Crippen molar-refractivity contribution in [3.05, 3.63) is 157 Å². The number of ether oxygens (including phenoxy) is 4. The third-order valence-electron chi connectivity index (χ3n) is 16.1. The number of benzene rings is 4. The number of amides is 2. The molecule has 0 unspecified atom stereocenters. The van der Waals surface area contributed by atoms with Crippen molar-refractivity contribution in [2.75, 3.05) is 32.9 Å². The van der Waals surface area contributed by atoms with Gasteiger partial charge in [-0.25, -0.2) is 44.7 Å². The van der Waals surface area contributed by atoms with Crippen LogP contribution in [-0.4, -0.2) is 137 Å². The maximum absolute atomic E-state index is 13.8. The van der Waals surface area contributed by atoms with E-state index >= 15 is 0 Å². The Morgan fingerprint density at radius 3 is 1.36 bits per heavy atom. The standard InChI is InChI=1S/C34H35N5O7S.C29H27N5O6S/c1-21-5-11-27(12-6-21)47(42,43)38-14-13-28-32(38)35-16-30-31(24-7-9-25(10-8-24)45-20-34(4)18-44-19-34)36-33(39(28)30)29-15-26(46-23(3)41)17-37(29)22(2)40;1-17-4-10-23(11-5-17)41(38,39)33-13-12-24-28(33)30-15-26-27(20-6-8-21(37)9-7-20)31-29(34(24)26)25-14-22(40-19(3)36)16-32(25)18(2)35/h5-14,16,26,29H,15,17-20H2,1-4H3;4-13,15,22,25,37H,14,16H2,1-3H3/t26-,29-;22-,25-/m11/s1. The van der Waals surface area contributed by atoms with Crippen molar-refractivity contribution >= 4 is 77.2 Å². The summed E-state index contributed by atoms with van der Waals surface area (Å²) >= 11 is 0. The molecule has 4 atom stereocenters. The highest BCUT2D eigenvalue weighted by molar-refractivity contribution is 7.90. The molecule has 454 valence electrons. The molecule has 1 N–H and O–H groups in total. The number of likely N-dealkylation sites (tertiary alicyclic amines) is 2. The summed E-state index contributed by atoms with van der Waals surface area (Å²) in [5.41, 5.74) is 7.11. The fourth-order valence-corrected chi connectivity index (χ4v) is 14.3. The fourth-order valence-electron chi connectivity index (χ4n) is 11.7. The highest BCUT2D eigenvalue weighted by atomic mass is 32.2. The second-order valence-electron chi connectivity index (χ2n) is 22.8. The molecule has 25 heteroatoms. The third-order valence-corrected chi connectivity index (χ3v) is 19.5. The Hall–Kier alpha value is -9.46. The van der Waals surface area contributed by atoms with Crippen molar-refractivity contribution in [2.45, 2.75) is 95.4 Å². The second-order valence-corrected chi connectivity index (χ2v) is 26.5. The van der Waals surface area contributed by atoms with Gasteiger partial charge in [0.25, 0.3) is 20.0 Å². The van der Waals surface area contributed by atoms with Crippen LogP contribution in [0, 0.1) is 19.3 Å². The zero-order valence-electron chi connectivity index (χ0n) is 49.1. The van der Waals surface area contributed by atoms with Gasteiger partial charge < -0.3 is 33.9 Å². The number of aryl methyl sites for hydroxylation is 2. The summed E-state index contributed by atoms with van der Waals surface area (Å²) in [5, 5.41) is 9.84. The van der Waals surface area contributed by atoms with Gasteiger partial charge in [-0.05, 0) is 98.8 Å². The van der Waals surface area contributed by atoms with Gasteiger partial charge in [0.1, 0.15) is 35.4 Å². The van der Waals surface area contributed by atoms with Gasteiger partial charge in [0.2, 0.25) is 11.8 Å². The maximum Gasteiger partial charge on any atom is 0.302 e. The number of carbonyl (C=O) groups is 4. The number of aromatic nitrogens is 8. The highest BCUT2D eigenvalue weighted by Gasteiger charge is 2.42. The van der Waals surface area contributed by atoms with Crippen LogP contribution < -0.4 is 4.74 Å². The minimum absolute atomic E-state index is 0.00185. The molecule has 23 nitrogen and oxygen atoms in total. The van der Waals surface area contributed by atoms with E-state index in [2.05, 4.69) is 16.9 Å². The number of nitrogens with zero attached hydrogens (tertiary/aromatic N) is 10. The van der Waals surface area contributed by atoms with Crippen molar-refractivity contribution in [1.29, 1.82) is 0 Å². The average Bonchev–Trinajstić information content (AvgIpc) is 1.60. The second kappa shape index (κ2) is 22.7. The molecule has 0 saturated carbocycles. The summed E-state index contributed by atoms with van der Waals surface area (Å²) < 4.78 is 83.1. The molecule has 9 heterocycles. The van der Waals surface area contributed by atoms with Crippen molar-refractivity contribution in [2.24, 2.45) is 5.41 Å². The lowest BCUT2D eigenvalue weighted by molar-refractivity contribution is -0.147. The van der Waals surface area contributed by atoms with Gasteiger partial charge in [0, 0.05) is 69.5 Å². The molecule has 0 bridgehead atoms. The molecule has 3 fully saturated rings. The van der Waals surface area contributed by atoms with Crippen LogP contribution in [0.3, 0.4) is 0 Å². The summed E-state index contributed by atoms with van der Waals surface area (Å²) in [6.07, 6.45) is 5.71. The Kier molecular flexibility index (Phi) is 15.2. The Morgan fingerprint density at radius 1 is 0.580 bits per heavy atom. The van der Waals surface area contributed by atoms with E-state index < -0.39 is 56.3 Å². The quantitative estimate of drug-likeness (QED) is 0.106. The first-order valence-electron chi connectivity index (χ1n) is 28.4. The largest absolute Gasteiger partial charge is 0.508 e. The molecule has 0 aliphatic carbocycles. The summed E-state index contributed by atoms with van der Waals surface area (Å²) in [5.74, 6) is 0.520. The number of hydrogen-bond donors (Lipinski definition) is 1. The molecule has 4 aromatic carbocycles. The predicted octanol–water partition coefficient (Wildman–Crippen LogP) is 8.36. The summed E-state index contributed by atoms with van der Waals surface area (Å²) in [6.45, 7) is 13.8. The van der Waals surface area contributed by atoms with Crippen LogP contribution in [0.4, 0.5) is 0 Å². The number of fused-ring (bicyclic) bond motifs is 6. The number of phenols is 1. The average molecular weight is 1230 g/mol. The minimum atomic E-state index is -3.97. The molecule has 10 aromatic rings. The van der Waals surface area contributed by atoms with Crippen molar-refractivity contribution in [3.63, 3.8) is 0 Å². The van der Waals surface area contributed by atoms with Gasteiger partial charge in [-0.1, -0.05) is 42.3 Å². The van der Waals surface area contributed by atoms with Crippen LogP contribution in [0.15, 0.2) is 144 Å². The van der Waals surface area contributed by atoms with Gasteiger partial charge in [-0.15, -0.1) is 0 Å². The van der Waals surface area contributed by atoms with E-state index in [0.29, 0.717) is 89.1 Å². The Labute approximate surface area is 505 Å². The Balaban J connectivity index is 0.000000173. The van der Waals surface area contributed by atoms with Crippen LogP contribution in [0.5, 0.6) is 11.5 Å². The zero-order valence-corrected chi connectivity index (χ0v) is 50.7. The summed E-state index contributed by atoms with van der Waals surface area (Å²) in [4.78, 5) is 71.9. The fraction of sp³-hybridized carbons (Fsp3) is 0.302. The zero-order chi connectivity index (χ0) is 62.1. The molecular formula is C63H62N10O13S2. The molecule has 6 aromatic heterocycles. The number of rotatable bonds is 13. The van der Waals surface area contributed by atoms with E-state index in [4.69, 9.17) is 28.9 Å². The topological polar surface area (TPSA) is 270 Å². The molecule has 13 rings (SSSR count). The number of aromatic hydroxyl groups is 1. The molecule has 0 spiro atoms. The van der Waals surface area contributed by atoms with E-state index in [1.807, 2.05) is 46.9 Å². The molecule has 3 aliphatic heterocycles. The minimum Gasteiger partial charge on any atom is -0.508 e. The smallest absolute Gasteiger partial charge is 0.302 e. The van der Waals surface area contributed by atoms with E-state index in [0.717, 1.165) is 24.6 Å².